The third kappa shape index (κ3) is 2.67. The van der Waals surface area contributed by atoms with Crippen molar-refractivity contribution in [1.29, 1.82) is 0 Å². The van der Waals surface area contributed by atoms with Gasteiger partial charge in [-0.3, -0.25) is 5.43 Å². The molecule has 0 rings (SSSR count). The van der Waals surface area contributed by atoms with E-state index in [1.807, 2.05) is 0 Å². The number of rotatable bonds is 4. The molecule has 0 aromatic heterocycles. The first-order valence-electron chi connectivity index (χ1n) is 3.94. The van der Waals surface area contributed by atoms with E-state index < -0.39 is 0 Å². The van der Waals surface area contributed by atoms with Crippen LogP contribution in [-0.4, -0.2) is 17.1 Å². The molecule has 1 N–H and O–H groups in total. The maximum atomic E-state index is 3.65. The molecule has 0 fully saturated rings. The Balaban J connectivity index is 3.80. The zero-order valence-corrected chi connectivity index (χ0v) is 7.52. The van der Waals surface area contributed by atoms with Gasteiger partial charge in [0.05, 0.1) is 0 Å². The summed E-state index contributed by atoms with van der Waals surface area (Å²) in [4.78, 5) is 0. The first kappa shape index (κ1) is 9.92. The molecule has 0 aliphatic carbocycles. The highest BCUT2D eigenvalue weighted by Crippen LogP contribution is 2.03. The summed E-state index contributed by atoms with van der Waals surface area (Å²) in [7, 11) is 3.65. The third-order valence-electron chi connectivity index (χ3n) is 1.80. The number of nitrogens with zero attached hydrogens (tertiary/aromatic N) is 1. The van der Waals surface area contributed by atoms with Gasteiger partial charge in [0.15, 0.2) is 0 Å². The van der Waals surface area contributed by atoms with Crippen LogP contribution in [0.1, 0.15) is 34.1 Å². The molecule has 0 saturated heterocycles. The van der Waals surface area contributed by atoms with E-state index in [-0.39, 0.29) is 0 Å². The van der Waals surface area contributed by atoms with Crippen LogP contribution < -0.4 is 5.43 Å². The molecule has 1 unspecified atom stereocenters. The molecule has 1 atom stereocenters. The van der Waals surface area contributed by atoms with E-state index in [1.54, 1.807) is 0 Å². The van der Waals surface area contributed by atoms with Crippen molar-refractivity contribution in [1.82, 2.24) is 10.4 Å². The summed E-state index contributed by atoms with van der Waals surface area (Å²) in [6, 6.07) is 1.09. The Morgan fingerprint density at radius 3 is 2.00 bits per heavy atom. The molecule has 2 nitrogen and oxygen atoms in total. The Kier molecular flexibility index (Phi) is 4.65. The Hall–Kier alpha value is -0.0800. The van der Waals surface area contributed by atoms with Crippen molar-refractivity contribution in [2.24, 2.45) is 0 Å². The summed E-state index contributed by atoms with van der Waals surface area (Å²) in [5, 5.41) is 2.15. The minimum absolute atomic E-state index is 0.521. The van der Waals surface area contributed by atoms with E-state index in [1.165, 1.54) is 0 Å². The lowest BCUT2D eigenvalue weighted by molar-refractivity contribution is 0.114. The van der Waals surface area contributed by atoms with Gasteiger partial charge in [-0.2, -0.15) is 0 Å². The van der Waals surface area contributed by atoms with Crippen molar-refractivity contribution in [2.45, 2.75) is 46.2 Å². The molecule has 0 saturated carbocycles. The van der Waals surface area contributed by atoms with E-state index in [4.69, 9.17) is 0 Å². The summed E-state index contributed by atoms with van der Waals surface area (Å²) in [5.41, 5.74) is 2.94. The zero-order chi connectivity index (χ0) is 8.15. The molecule has 0 aliphatic heterocycles. The van der Waals surface area contributed by atoms with Crippen LogP contribution in [0.15, 0.2) is 0 Å². The summed E-state index contributed by atoms with van der Waals surface area (Å²) in [6.45, 7) is 8.68. The molecule has 0 amide bonds. The third-order valence-corrected chi connectivity index (χ3v) is 1.80. The summed E-state index contributed by atoms with van der Waals surface area (Å²) in [6.07, 6.45) is 1.15. The van der Waals surface area contributed by atoms with Crippen molar-refractivity contribution >= 4 is 0 Å². The van der Waals surface area contributed by atoms with E-state index in [2.05, 4.69) is 45.2 Å². The highest BCUT2D eigenvalue weighted by molar-refractivity contribution is 4.64. The smallest absolute Gasteiger partial charge is 0.0242 e. The van der Waals surface area contributed by atoms with Gasteiger partial charge < -0.3 is 0 Å². The van der Waals surface area contributed by atoms with Gasteiger partial charge in [0.1, 0.15) is 0 Å². The van der Waals surface area contributed by atoms with Gasteiger partial charge in [0, 0.05) is 19.1 Å². The van der Waals surface area contributed by atoms with Crippen molar-refractivity contribution < 1.29 is 0 Å². The molecule has 1 radical (unpaired) electrons. The van der Waals surface area contributed by atoms with E-state index in [0.717, 1.165) is 6.42 Å². The van der Waals surface area contributed by atoms with Gasteiger partial charge in [0.25, 0.3) is 0 Å². The van der Waals surface area contributed by atoms with Crippen LogP contribution in [-0.2, 0) is 0 Å². The highest BCUT2D eigenvalue weighted by Gasteiger charge is 2.12. The Morgan fingerprint density at radius 2 is 1.90 bits per heavy atom. The first-order chi connectivity index (χ1) is 4.63. The number of hydrogen-bond donors (Lipinski definition) is 1. The van der Waals surface area contributed by atoms with Gasteiger partial charge in [-0.05, 0) is 27.2 Å². The normalized spacial score (nSPS) is 14.7. The Labute approximate surface area is 64.6 Å². The molecular formula is C8H19N2. The van der Waals surface area contributed by atoms with Crippen LogP contribution in [0.4, 0.5) is 0 Å². The standard InChI is InChI=1S/C8H19N2/c1-6-8(4)10(9-5)7(2)3/h7-9H,5-6H2,1-4H3. The maximum Gasteiger partial charge on any atom is 0.0242 e. The lowest BCUT2D eigenvalue weighted by Gasteiger charge is -2.30. The van der Waals surface area contributed by atoms with Gasteiger partial charge in [0.2, 0.25) is 0 Å². The average Bonchev–Trinajstić information content (AvgIpc) is 1.88. The molecule has 0 aromatic carbocycles. The minimum Gasteiger partial charge on any atom is -0.253 e. The second-order valence-corrected chi connectivity index (χ2v) is 2.92. The molecule has 61 valence electrons. The fourth-order valence-corrected chi connectivity index (χ4v) is 1.04. The predicted octanol–water partition coefficient (Wildman–Crippen LogP) is 1.79. The molecule has 2 heteroatoms. The SMILES string of the molecule is [CH2]NN(C(C)C)C(C)CC. The van der Waals surface area contributed by atoms with Gasteiger partial charge >= 0.3 is 0 Å². The van der Waals surface area contributed by atoms with Gasteiger partial charge in [-0.1, -0.05) is 6.92 Å². The van der Waals surface area contributed by atoms with E-state index >= 15 is 0 Å². The molecule has 10 heavy (non-hydrogen) atoms. The molecule has 0 aromatic rings. The fourth-order valence-electron chi connectivity index (χ4n) is 1.04. The molecule has 0 spiro atoms. The van der Waals surface area contributed by atoms with Crippen molar-refractivity contribution in [3.05, 3.63) is 7.05 Å². The van der Waals surface area contributed by atoms with Crippen molar-refractivity contribution in [2.75, 3.05) is 0 Å². The molecular weight excluding hydrogens is 124 g/mol. The van der Waals surface area contributed by atoms with Crippen molar-refractivity contribution in [3.8, 4) is 0 Å². The number of hydrazine groups is 1. The quantitative estimate of drug-likeness (QED) is 0.604. The fraction of sp³-hybridized carbons (Fsp3) is 0.875. The van der Waals surface area contributed by atoms with Crippen LogP contribution in [0, 0.1) is 7.05 Å². The predicted molar refractivity (Wildman–Crippen MR) is 45.2 cm³/mol. The van der Waals surface area contributed by atoms with Crippen LogP contribution in [0.5, 0.6) is 0 Å². The van der Waals surface area contributed by atoms with Crippen LogP contribution in [0.2, 0.25) is 0 Å². The monoisotopic (exact) mass is 143 g/mol. The zero-order valence-electron chi connectivity index (χ0n) is 7.52. The van der Waals surface area contributed by atoms with Gasteiger partial charge in [-0.25, -0.2) is 5.01 Å². The molecule has 0 heterocycles. The van der Waals surface area contributed by atoms with E-state index in [9.17, 15) is 0 Å². The second-order valence-electron chi connectivity index (χ2n) is 2.92. The highest BCUT2D eigenvalue weighted by atomic mass is 15.5. The minimum atomic E-state index is 0.521. The summed E-state index contributed by atoms with van der Waals surface area (Å²) >= 11 is 0. The Morgan fingerprint density at radius 1 is 1.40 bits per heavy atom. The van der Waals surface area contributed by atoms with Crippen LogP contribution in [0.25, 0.3) is 0 Å². The molecule has 0 bridgehead atoms. The first-order valence-corrected chi connectivity index (χ1v) is 3.94. The summed E-state index contributed by atoms with van der Waals surface area (Å²) in [5.74, 6) is 0. The van der Waals surface area contributed by atoms with E-state index in [0.29, 0.717) is 12.1 Å². The number of nitrogens with one attached hydrogen (secondary N) is 1. The topological polar surface area (TPSA) is 15.3 Å². The number of hydrogen-bond acceptors (Lipinski definition) is 2. The summed E-state index contributed by atoms with van der Waals surface area (Å²) < 4.78 is 0. The maximum absolute atomic E-state index is 3.65. The molecule has 0 aliphatic rings. The lowest BCUT2D eigenvalue weighted by Crippen LogP contribution is -2.45. The largest absolute Gasteiger partial charge is 0.253 e. The van der Waals surface area contributed by atoms with Gasteiger partial charge in [-0.15, -0.1) is 0 Å². The Bertz CT molecular complexity index is 81.3. The van der Waals surface area contributed by atoms with Crippen LogP contribution in [0.3, 0.4) is 0 Å². The van der Waals surface area contributed by atoms with Crippen LogP contribution >= 0.6 is 0 Å². The lowest BCUT2D eigenvalue weighted by atomic mass is 10.2. The second kappa shape index (κ2) is 4.69. The van der Waals surface area contributed by atoms with Crippen molar-refractivity contribution in [3.63, 3.8) is 0 Å². The average molecular weight is 143 g/mol.